The maximum Gasteiger partial charge on any atom is 0.416 e. The number of nitrogens with one attached hydrogen (secondary N) is 1. The number of aromatic nitrogens is 1. The molecule has 1 fully saturated rings. The summed E-state index contributed by atoms with van der Waals surface area (Å²) in [6.45, 7) is 1.23. The Labute approximate surface area is 168 Å². The molecule has 3 rings (SSSR count). The summed E-state index contributed by atoms with van der Waals surface area (Å²) in [4.78, 5) is 31.2. The Morgan fingerprint density at radius 3 is 2.62 bits per heavy atom. The van der Waals surface area contributed by atoms with E-state index in [4.69, 9.17) is 11.6 Å². The first-order chi connectivity index (χ1) is 13.5. The Hall–Kier alpha value is -2.88. The van der Waals surface area contributed by atoms with Gasteiger partial charge in [0.25, 0.3) is 5.91 Å². The Bertz CT molecular complexity index is 983. The number of rotatable bonds is 3. The van der Waals surface area contributed by atoms with Crippen molar-refractivity contribution in [3.05, 3.63) is 52.4 Å². The van der Waals surface area contributed by atoms with E-state index >= 15 is 0 Å². The quantitative estimate of drug-likeness (QED) is 0.754. The minimum Gasteiger partial charge on any atom is -0.335 e. The highest BCUT2D eigenvalue weighted by Crippen LogP contribution is 2.33. The van der Waals surface area contributed by atoms with E-state index in [9.17, 15) is 27.2 Å². The zero-order valence-corrected chi connectivity index (χ0v) is 16.0. The molecule has 29 heavy (non-hydrogen) atoms. The van der Waals surface area contributed by atoms with Crippen molar-refractivity contribution in [1.82, 2.24) is 10.3 Å². The van der Waals surface area contributed by atoms with E-state index in [1.165, 1.54) is 26.1 Å². The van der Waals surface area contributed by atoms with Gasteiger partial charge < -0.3 is 10.2 Å². The van der Waals surface area contributed by atoms with Crippen LogP contribution in [0.25, 0.3) is 0 Å². The standard InChI is InChI=1S/C18H15ClF4N4O2/c1-9-5-10(18(21,22)23)6-15(25-9)27-14(8-24-17(27)29)16(28)26(2)11-3-4-13(20)12(19)7-11/h3-7,14H,8H2,1-2H3,(H,24,29)/t14-/m0/s1. The van der Waals surface area contributed by atoms with Gasteiger partial charge in [0.15, 0.2) is 0 Å². The highest BCUT2D eigenvalue weighted by molar-refractivity contribution is 6.31. The van der Waals surface area contributed by atoms with Gasteiger partial charge in [0.05, 0.1) is 10.6 Å². The maximum atomic E-state index is 13.4. The van der Waals surface area contributed by atoms with E-state index in [0.717, 1.165) is 21.9 Å². The van der Waals surface area contributed by atoms with Crippen molar-refractivity contribution in [2.45, 2.75) is 19.1 Å². The molecular weight excluding hydrogens is 416 g/mol. The summed E-state index contributed by atoms with van der Waals surface area (Å²) >= 11 is 5.74. The Morgan fingerprint density at radius 1 is 1.31 bits per heavy atom. The zero-order valence-electron chi connectivity index (χ0n) is 15.2. The predicted octanol–water partition coefficient (Wildman–Crippen LogP) is 3.76. The molecule has 1 N–H and O–H groups in total. The number of benzene rings is 1. The molecule has 1 atom stereocenters. The molecule has 2 aromatic rings. The van der Waals surface area contributed by atoms with Gasteiger partial charge in [0.1, 0.15) is 17.7 Å². The van der Waals surface area contributed by atoms with Crippen LogP contribution in [0.3, 0.4) is 0 Å². The van der Waals surface area contributed by atoms with Crippen molar-refractivity contribution in [3.8, 4) is 0 Å². The molecule has 1 aromatic carbocycles. The second kappa shape index (κ2) is 7.51. The second-order valence-electron chi connectivity index (χ2n) is 6.42. The molecule has 1 aromatic heterocycles. The lowest BCUT2D eigenvalue weighted by Gasteiger charge is -2.27. The SMILES string of the molecule is Cc1cc(C(F)(F)F)cc(N2C(=O)NC[C@H]2C(=O)N(C)c2ccc(F)c(Cl)c2)n1. The number of pyridine rings is 1. The van der Waals surface area contributed by atoms with Crippen LogP contribution in [0.5, 0.6) is 0 Å². The Balaban J connectivity index is 1.95. The number of alkyl halides is 3. The molecule has 1 aliphatic rings. The number of urea groups is 1. The van der Waals surface area contributed by atoms with Gasteiger partial charge in [-0.3, -0.25) is 9.69 Å². The number of likely N-dealkylation sites (N-methyl/N-ethyl adjacent to an activating group) is 1. The average Bonchev–Trinajstić information content (AvgIpc) is 3.03. The number of hydrogen-bond donors (Lipinski definition) is 1. The van der Waals surface area contributed by atoms with Gasteiger partial charge in [-0.25, -0.2) is 14.2 Å². The number of halogens is 5. The summed E-state index contributed by atoms with van der Waals surface area (Å²) in [5.41, 5.74) is -0.683. The fourth-order valence-electron chi connectivity index (χ4n) is 2.95. The summed E-state index contributed by atoms with van der Waals surface area (Å²) in [5, 5.41) is 2.24. The normalized spacial score (nSPS) is 16.7. The van der Waals surface area contributed by atoms with Crippen molar-refractivity contribution in [2.75, 3.05) is 23.4 Å². The first-order valence-electron chi connectivity index (χ1n) is 8.34. The van der Waals surface area contributed by atoms with Crippen LogP contribution in [0.15, 0.2) is 30.3 Å². The van der Waals surface area contributed by atoms with Gasteiger partial charge in [-0.05, 0) is 37.3 Å². The molecule has 1 saturated heterocycles. The third-order valence-electron chi connectivity index (χ3n) is 4.40. The molecule has 11 heteroatoms. The molecule has 0 unspecified atom stereocenters. The summed E-state index contributed by atoms with van der Waals surface area (Å²) in [7, 11) is 1.39. The molecule has 6 nitrogen and oxygen atoms in total. The number of carbonyl (C=O) groups excluding carboxylic acids is 2. The van der Waals surface area contributed by atoms with Crippen LogP contribution in [0.2, 0.25) is 5.02 Å². The third kappa shape index (κ3) is 4.12. The van der Waals surface area contributed by atoms with E-state index in [0.29, 0.717) is 6.07 Å². The van der Waals surface area contributed by atoms with E-state index in [2.05, 4.69) is 10.3 Å². The fourth-order valence-corrected chi connectivity index (χ4v) is 3.12. The van der Waals surface area contributed by atoms with Crippen molar-refractivity contribution in [1.29, 1.82) is 0 Å². The largest absolute Gasteiger partial charge is 0.416 e. The van der Waals surface area contributed by atoms with Crippen molar-refractivity contribution < 1.29 is 27.2 Å². The molecule has 0 spiro atoms. The minimum atomic E-state index is -4.64. The predicted molar refractivity (Wildman–Crippen MR) is 98.5 cm³/mol. The molecule has 0 aliphatic carbocycles. The average molecular weight is 431 g/mol. The van der Waals surface area contributed by atoms with Crippen LogP contribution < -0.4 is 15.1 Å². The molecular formula is C18H15ClF4N4O2. The smallest absolute Gasteiger partial charge is 0.335 e. The molecule has 0 saturated carbocycles. The second-order valence-corrected chi connectivity index (χ2v) is 6.83. The summed E-state index contributed by atoms with van der Waals surface area (Å²) in [5.74, 6) is -1.57. The lowest BCUT2D eigenvalue weighted by molar-refractivity contribution is -0.137. The van der Waals surface area contributed by atoms with Gasteiger partial charge in [0.2, 0.25) is 0 Å². The summed E-state index contributed by atoms with van der Waals surface area (Å²) in [6, 6.07) is 3.30. The lowest BCUT2D eigenvalue weighted by atomic mass is 10.2. The van der Waals surface area contributed by atoms with Gasteiger partial charge >= 0.3 is 12.2 Å². The maximum absolute atomic E-state index is 13.4. The number of amides is 3. The Morgan fingerprint density at radius 2 is 2.00 bits per heavy atom. The molecule has 0 bridgehead atoms. The minimum absolute atomic E-state index is 0.0411. The first kappa shape index (κ1) is 20.8. The highest BCUT2D eigenvalue weighted by atomic mass is 35.5. The number of carbonyl (C=O) groups is 2. The molecule has 154 valence electrons. The monoisotopic (exact) mass is 430 g/mol. The van der Waals surface area contributed by atoms with Crippen molar-refractivity contribution in [3.63, 3.8) is 0 Å². The van der Waals surface area contributed by atoms with Crippen LogP contribution >= 0.6 is 11.6 Å². The lowest BCUT2D eigenvalue weighted by Crippen LogP contribution is -2.47. The van der Waals surface area contributed by atoms with Crippen LogP contribution in [-0.2, 0) is 11.0 Å². The zero-order chi connectivity index (χ0) is 21.5. The van der Waals surface area contributed by atoms with E-state index in [-0.39, 0.29) is 28.8 Å². The summed E-state index contributed by atoms with van der Waals surface area (Å²) in [6.07, 6.45) is -4.64. The number of anilines is 2. The van der Waals surface area contributed by atoms with Crippen LogP contribution in [-0.4, -0.2) is 36.6 Å². The number of nitrogens with zero attached hydrogens (tertiary/aromatic N) is 3. The van der Waals surface area contributed by atoms with Crippen molar-refractivity contribution >= 4 is 35.0 Å². The van der Waals surface area contributed by atoms with Gasteiger partial charge in [0, 0.05) is 25.0 Å². The van der Waals surface area contributed by atoms with Crippen molar-refractivity contribution in [2.24, 2.45) is 0 Å². The highest BCUT2D eigenvalue weighted by Gasteiger charge is 2.41. The molecule has 0 radical (unpaired) electrons. The third-order valence-corrected chi connectivity index (χ3v) is 4.69. The van der Waals surface area contributed by atoms with Crippen LogP contribution in [0.4, 0.5) is 33.9 Å². The topological polar surface area (TPSA) is 65.5 Å². The van der Waals surface area contributed by atoms with E-state index in [1.807, 2.05) is 0 Å². The van der Waals surface area contributed by atoms with E-state index in [1.54, 1.807) is 0 Å². The fraction of sp³-hybridized carbons (Fsp3) is 0.278. The molecule has 2 heterocycles. The van der Waals surface area contributed by atoms with Crippen LogP contribution in [0, 0.1) is 12.7 Å². The number of hydrogen-bond acceptors (Lipinski definition) is 3. The molecule has 1 aliphatic heterocycles. The van der Waals surface area contributed by atoms with Crippen LogP contribution in [0.1, 0.15) is 11.3 Å². The summed E-state index contributed by atoms with van der Waals surface area (Å²) < 4.78 is 52.8. The van der Waals surface area contributed by atoms with Gasteiger partial charge in [-0.15, -0.1) is 0 Å². The molecule has 3 amide bonds. The Kier molecular flexibility index (Phi) is 5.40. The first-order valence-corrected chi connectivity index (χ1v) is 8.72. The van der Waals surface area contributed by atoms with E-state index < -0.39 is 35.5 Å². The number of aryl methyl sites for hydroxylation is 1. The van der Waals surface area contributed by atoms with Gasteiger partial charge in [-0.1, -0.05) is 11.6 Å². The van der Waals surface area contributed by atoms with Gasteiger partial charge in [-0.2, -0.15) is 13.2 Å².